The topological polar surface area (TPSA) is 20.2 Å². The summed E-state index contributed by atoms with van der Waals surface area (Å²) in [5, 5.41) is 14.3. The van der Waals surface area contributed by atoms with E-state index in [9.17, 15) is 5.11 Å². The van der Waals surface area contributed by atoms with Crippen molar-refractivity contribution in [1.29, 1.82) is 0 Å². The van der Waals surface area contributed by atoms with Gasteiger partial charge in [0.15, 0.2) is 0 Å². The highest BCUT2D eigenvalue weighted by molar-refractivity contribution is 7.95. The molecule has 0 aliphatic rings. The quantitative estimate of drug-likeness (QED) is 0.442. The lowest BCUT2D eigenvalue weighted by Crippen LogP contribution is -3.00. The van der Waals surface area contributed by atoms with Gasteiger partial charge in [-0.1, -0.05) is 54.6 Å². The number of benzene rings is 3. The maximum atomic E-state index is 10.3. The van der Waals surface area contributed by atoms with Gasteiger partial charge in [0.05, 0.1) is 12.3 Å². The Kier molecular flexibility index (Phi) is 6.97. The zero-order valence-electron chi connectivity index (χ0n) is 13.7. The van der Waals surface area contributed by atoms with E-state index in [1.807, 2.05) is 6.92 Å². The average Bonchev–Trinajstić information content (AvgIpc) is 2.62. The molecule has 1 atom stereocenters. The van der Waals surface area contributed by atoms with E-state index in [2.05, 4.69) is 91.0 Å². The highest BCUT2D eigenvalue weighted by Crippen LogP contribution is 2.55. The molecule has 0 aromatic heterocycles. The highest BCUT2D eigenvalue weighted by Gasteiger charge is 2.45. The van der Waals surface area contributed by atoms with Crippen molar-refractivity contribution >= 4 is 23.2 Å². The molecule has 0 heterocycles. The molecule has 3 aromatic rings. The Morgan fingerprint density at radius 3 is 1.21 bits per heavy atom. The molecule has 0 bridgehead atoms. The predicted molar refractivity (Wildman–Crippen MR) is 102 cm³/mol. The number of halogens is 1. The van der Waals surface area contributed by atoms with Crippen molar-refractivity contribution in [3.05, 3.63) is 91.0 Å². The van der Waals surface area contributed by atoms with E-state index < -0.39 is 7.26 Å². The van der Waals surface area contributed by atoms with Crippen LogP contribution in [0.2, 0.25) is 0 Å². The molecule has 3 aromatic carbocycles. The number of aliphatic hydroxyl groups is 1. The average molecular weight is 448 g/mol. The molecule has 0 amide bonds. The lowest BCUT2D eigenvalue weighted by molar-refractivity contribution is -0.00000676. The van der Waals surface area contributed by atoms with Crippen LogP contribution in [0.25, 0.3) is 0 Å². The number of hydrogen-bond donors (Lipinski definition) is 1. The van der Waals surface area contributed by atoms with Crippen LogP contribution in [0.15, 0.2) is 91.0 Å². The molecule has 1 nitrogen and oxygen atoms in total. The molecule has 24 heavy (non-hydrogen) atoms. The molecular formula is C21H22IOP. The summed E-state index contributed by atoms with van der Waals surface area (Å²) in [5.41, 5.74) is 0. The first-order valence-electron chi connectivity index (χ1n) is 7.96. The van der Waals surface area contributed by atoms with Crippen LogP contribution in [-0.4, -0.2) is 17.4 Å². The molecule has 0 aliphatic heterocycles. The van der Waals surface area contributed by atoms with Crippen LogP contribution >= 0.6 is 7.26 Å². The second-order valence-corrected chi connectivity index (χ2v) is 9.38. The van der Waals surface area contributed by atoms with Crippen LogP contribution in [-0.2, 0) is 0 Å². The molecule has 0 spiro atoms. The van der Waals surface area contributed by atoms with Gasteiger partial charge < -0.3 is 29.1 Å². The van der Waals surface area contributed by atoms with Crippen molar-refractivity contribution in [3.8, 4) is 0 Å². The summed E-state index contributed by atoms with van der Waals surface area (Å²) < 4.78 is 0. The van der Waals surface area contributed by atoms with Gasteiger partial charge in [0, 0.05) is 0 Å². The molecular weight excluding hydrogens is 426 g/mol. The van der Waals surface area contributed by atoms with Crippen LogP contribution in [0.3, 0.4) is 0 Å². The van der Waals surface area contributed by atoms with E-state index in [4.69, 9.17) is 0 Å². The van der Waals surface area contributed by atoms with Gasteiger partial charge in [-0.25, -0.2) is 0 Å². The van der Waals surface area contributed by atoms with Gasteiger partial charge in [-0.2, -0.15) is 0 Å². The van der Waals surface area contributed by atoms with Crippen molar-refractivity contribution in [3.63, 3.8) is 0 Å². The fraction of sp³-hybridized carbons (Fsp3) is 0.143. The van der Waals surface area contributed by atoms with E-state index >= 15 is 0 Å². The third kappa shape index (κ3) is 3.88. The zero-order valence-corrected chi connectivity index (χ0v) is 16.8. The second kappa shape index (κ2) is 8.75. The number of hydrogen-bond acceptors (Lipinski definition) is 1. The Morgan fingerprint density at radius 2 is 0.958 bits per heavy atom. The van der Waals surface area contributed by atoms with Crippen LogP contribution < -0.4 is 39.9 Å². The number of aliphatic hydroxyl groups excluding tert-OH is 1. The SMILES string of the molecule is CC(O)C[P+](c1ccccc1)(c1ccccc1)c1ccccc1.[I-]. The molecule has 0 saturated heterocycles. The minimum atomic E-state index is -1.86. The van der Waals surface area contributed by atoms with Crippen LogP contribution in [0.4, 0.5) is 0 Å². The summed E-state index contributed by atoms with van der Waals surface area (Å²) in [6.07, 6.45) is 0.398. The Labute approximate surface area is 162 Å². The van der Waals surface area contributed by atoms with Gasteiger partial charge in [-0.05, 0) is 43.3 Å². The zero-order chi connectivity index (χ0) is 16.1. The van der Waals surface area contributed by atoms with Crippen molar-refractivity contribution in [2.24, 2.45) is 0 Å². The minimum Gasteiger partial charge on any atom is -1.00 e. The van der Waals surface area contributed by atoms with Crippen molar-refractivity contribution in [1.82, 2.24) is 0 Å². The Morgan fingerprint density at radius 1 is 0.667 bits per heavy atom. The predicted octanol–water partition coefficient (Wildman–Crippen LogP) is 0.365. The maximum absolute atomic E-state index is 10.3. The Balaban J connectivity index is 0.00000208. The molecule has 1 N–H and O–H groups in total. The smallest absolute Gasteiger partial charge is 0.114 e. The lowest BCUT2D eigenvalue weighted by atomic mass is 10.3. The largest absolute Gasteiger partial charge is 1.00 e. The highest BCUT2D eigenvalue weighted by atomic mass is 127. The summed E-state index contributed by atoms with van der Waals surface area (Å²) in [6.45, 7) is 1.89. The summed E-state index contributed by atoms with van der Waals surface area (Å²) in [7, 11) is -1.86. The lowest BCUT2D eigenvalue weighted by Gasteiger charge is -2.28. The van der Waals surface area contributed by atoms with Crippen molar-refractivity contribution in [2.45, 2.75) is 13.0 Å². The van der Waals surface area contributed by atoms with E-state index in [1.54, 1.807) is 0 Å². The maximum Gasteiger partial charge on any atom is 0.114 e. The summed E-state index contributed by atoms with van der Waals surface area (Å²) >= 11 is 0. The second-order valence-electron chi connectivity index (χ2n) is 5.85. The summed E-state index contributed by atoms with van der Waals surface area (Å²) in [5.74, 6) is 0. The summed E-state index contributed by atoms with van der Waals surface area (Å²) in [4.78, 5) is 0. The first kappa shape index (κ1) is 19.1. The molecule has 0 aliphatic carbocycles. The number of rotatable bonds is 5. The minimum absolute atomic E-state index is 0. The Bertz CT molecular complexity index is 633. The van der Waals surface area contributed by atoms with Crippen LogP contribution in [0.1, 0.15) is 6.92 Å². The van der Waals surface area contributed by atoms with Crippen LogP contribution in [0.5, 0.6) is 0 Å². The Hall–Kier alpha value is -1.22. The van der Waals surface area contributed by atoms with E-state index in [0.717, 1.165) is 6.16 Å². The van der Waals surface area contributed by atoms with Crippen molar-refractivity contribution < 1.29 is 29.1 Å². The molecule has 0 fully saturated rings. The first-order chi connectivity index (χ1) is 11.2. The molecule has 1 unspecified atom stereocenters. The first-order valence-corrected chi connectivity index (χ1v) is 9.94. The van der Waals surface area contributed by atoms with Gasteiger partial charge in [0.1, 0.15) is 23.2 Å². The van der Waals surface area contributed by atoms with Gasteiger partial charge in [0.2, 0.25) is 0 Å². The van der Waals surface area contributed by atoms with Crippen LogP contribution in [0, 0.1) is 0 Å². The third-order valence-corrected chi connectivity index (χ3v) is 8.74. The monoisotopic (exact) mass is 448 g/mol. The fourth-order valence-electron chi connectivity index (χ4n) is 3.21. The third-order valence-electron chi connectivity index (χ3n) is 4.13. The molecule has 0 saturated carbocycles. The van der Waals surface area contributed by atoms with Gasteiger partial charge >= 0.3 is 0 Å². The van der Waals surface area contributed by atoms with Crippen molar-refractivity contribution in [2.75, 3.05) is 6.16 Å². The van der Waals surface area contributed by atoms with Gasteiger partial charge in [-0.3, -0.25) is 0 Å². The molecule has 3 rings (SSSR count). The normalized spacial score (nSPS) is 12.2. The molecule has 3 heteroatoms. The van der Waals surface area contributed by atoms with E-state index in [0.29, 0.717) is 0 Å². The van der Waals surface area contributed by atoms with Gasteiger partial charge in [0.25, 0.3) is 0 Å². The van der Waals surface area contributed by atoms with Gasteiger partial charge in [-0.15, -0.1) is 0 Å². The molecule has 0 radical (unpaired) electrons. The fourth-order valence-corrected chi connectivity index (χ4v) is 7.57. The van der Waals surface area contributed by atoms with E-state index in [1.165, 1.54) is 15.9 Å². The molecule has 124 valence electrons. The standard InChI is InChI=1S/C21H22OP.HI/c1-18(22)17-23(19-11-5-2-6-12-19,20-13-7-3-8-14-20)21-15-9-4-10-16-21;/h2-16,18,22H,17H2,1H3;1H/q+1;/p-1. The van der Waals surface area contributed by atoms with E-state index in [-0.39, 0.29) is 30.1 Å². The summed E-state index contributed by atoms with van der Waals surface area (Å²) in [6, 6.07) is 32.0.